The van der Waals surface area contributed by atoms with Gasteiger partial charge in [-0.05, 0) is 32.0 Å². The minimum absolute atomic E-state index is 0.231. The third-order valence-electron chi connectivity index (χ3n) is 4.63. The molecule has 0 radical (unpaired) electrons. The van der Waals surface area contributed by atoms with Gasteiger partial charge in [-0.1, -0.05) is 6.08 Å². The highest BCUT2D eigenvalue weighted by molar-refractivity contribution is 5.98. The van der Waals surface area contributed by atoms with E-state index in [2.05, 4.69) is 34.5 Å². The second kappa shape index (κ2) is 8.88. The molecule has 1 aliphatic rings. The number of amides is 1. The van der Waals surface area contributed by atoms with Crippen molar-refractivity contribution in [2.75, 3.05) is 32.1 Å². The fourth-order valence-electron chi connectivity index (χ4n) is 3.08. The maximum Gasteiger partial charge on any atom is 0.256 e. The molecule has 1 amide bonds. The first-order chi connectivity index (χ1) is 13.5. The van der Waals surface area contributed by atoms with Crippen LogP contribution in [-0.4, -0.2) is 53.4 Å². The van der Waals surface area contributed by atoms with Crippen molar-refractivity contribution in [1.29, 1.82) is 0 Å². The van der Waals surface area contributed by atoms with E-state index in [1.807, 2.05) is 12.3 Å². The van der Waals surface area contributed by atoms with E-state index in [0.29, 0.717) is 36.8 Å². The number of hydrogen-bond donors (Lipinski definition) is 2. The first kappa shape index (κ1) is 19.9. The normalized spacial score (nSPS) is 17.1. The fraction of sp³-hybridized carbons (Fsp3) is 0.400. The Bertz CT molecular complexity index is 862. The van der Waals surface area contributed by atoms with Crippen LogP contribution >= 0.6 is 0 Å². The lowest BCUT2D eigenvalue weighted by atomic mass is 10.1. The smallest absolute Gasteiger partial charge is 0.256 e. The number of aromatic nitrogens is 2. The van der Waals surface area contributed by atoms with Crippen molar-refractivity contribution in [1.82, 2.24) is 20.0 Å². The number of nitrogens with zero attached hydrogens (tertiary/aromatic N) is 3. The van der Waals surface area contributed by atoms with Crippen LogP contribution in [0.15, 0.2) is 30.5 Å². The van der Waals surface area contributed by atoms with Crippen LogP contribution in [-0.2, 0) is 6.54 Å². The highest BCUT2D eigenvalue weighted by Gasteiger charge is 2.17. The number of anilines is 1. The fourth-order valence-corrected chi connectivity index (χ4v) is 3.08. The zero-order chi connectivity index (χ0) is 20.1. The van der Waals surface area contributed by atoms with Gasteiger partial charge in [-0.25, -0.2) is 9.07 Å². The van der Waals surface area contributed by atoms with Crippen molar-refractivity contribution in [3.05, 3.63) is 47.4 Å². The molecule has 7 nitrogen and oxygen atoms in total. The van der Waals surface area contributed by atoms with Crippen molar-refractivity contribution in [3.8, 4) is 5.75 Å². The lowest BCUT2D eigenvalue weighted by Crippen LogP contribution is -2.31. The molecule has 3 rings (SSSR count). The molecular formula is C20H26FN5O2. The summed E-state index contributed by atoms with van der Waals surface area (Å²) < 4.78 is 21.3. The summed E-state index contributed by atoms with van der Waals surface area (Å²) in [5.74, 6) is 0.717. The third kappa shape index (κ3) is 4.51. The number of carbonyl (C=O) groups excluding carboxylic acids is 1. The largest absolute Gasteiger partial charge is 0.491 e. The van der Waals surface area contributed by atoms with Crippen LogP contribution < -0.4 is 15.4 Å². The Kier molecular flexibility index (Phi) is 6.30. The molecular weight excluding hydrogens is 361 g/mol. The van der Waals surface area contributed by atoms with Gasteiger partial charge in [0, 0.05) is 37.9 Å². The Morgan fingerprint density at radius 3 is 2.93 bits per heavy atom. The van der Waals surface area contributed by atoms with Gasteiger partial charge >= 0.3 is 0 Å². The second-order valence-corrected chi connectivity index (χ2v) is 6.87. The molecule has 1 aliphatic heterocycles. The highest BCUT2D eigenvalue weighted by atomic mass is 19.1. The Balaban J connectivity index is 1.93. The van der Waals surface area contributed by atoms with Gasteiger partial charge < -0.3 is 15.4 Å². The average molecular weight is 387 g/mol. The van der Waals surface area contributed by atoms with Gasteiger partial charge in [-0.2, -0.15) is 5.10 Å². The van der Waals surface area contributed by atoms with Crippen molar-refractivity contribution in [2.24, 2.45) is 0 Å². The van der Waals surface area contributed by atoms with E-state index < -0.39 is 0 Å². The Labute approximate surface area is 164 Å². The molecule has 0 atom stereocenters. The lowest BCUT2D eigenvalue weighted by Gasteiger charge is -2.26. The molecule has 0 unspecified atom stereocenters. The number of fused-ring (bicyclic) bond motifs is 3. The molecule has 0 saturated heterocycles. The van der Waals surface area contributed by atoms with Crippen LogP contribution in [0.4, 0.5) is 10.2 Å². The number of carbonyl (C=O) groups is 1. The van der Waals surface area contributed by atoms with Gasteiger partial charge in [0.05, 0.1) is 12.7 Å². The van der Waals surface area contributed by atoms with E-state index in [1.165, 1.54) is 18.3 Å². The molecule has 0 aliphatic carbocycles. The monoisotopic (exact) mass is 387 g/mol. The predicted molar refractivity (Wildman–Crippen MR) is 107 cm³/mol. The van der Waals surface area contributed by atoms with Crippen LogP contribution in [0.1, 0.15) is 29.8 Å². The van der Waals surface area contributed by atoms with Crippen molar-refractivity contribution in [2.45, 2.75) is 26.4 Å². The van der Waals surface area contributed by atoms with Crippen molar-refractivity contribution < 1.29 is 13.9 Å². The third-order valence-corrected chi connectivity index (χ3v) is 4.63. The van der Waals surface area contributed by atoms with Gasteiger partial charge in [0.25, 0.3) is 5.91 Å². The van der Waals surface area contributed by atoms with Crippen LogP contribution in [0.25, 0.3) is 6.20 Å². The number of rotatable bonds is 2. The number of ether oxygens (including phenoxy) is 1. The number of hydrogen-bond acceptors (Lipinski definition) is 5. The molecule has 2 N–H and O–H groups in total. The summed E-state index contributed by atoms with van der Waals surface area (Å²) in [4.78, 5) is 14.6. The summed E-state index contributed by atoms with van der Waals surface area (Å²) in [5.41, 5.74) is 1.24. The molecule has 0 saturated carbocycles. The van der Waals surface area contributed by atoms with Gasteiger partial charge in [0.2, 0.25) is 0 Å². The zero-order valence-corrected chi connectivity index (χ0v) is 16.4. The number of benzene rings is 1. The maximum atomic E-state index is 13.8. The lowest BCUT2D eigenvalue weighted by molar-refractivity contribution is 0.0947. The first-order valence-corrected chi connectivity index (χ1v) is 9.35. The molecule has 2 aromatic rings. The average Bonchev–Trinajstić information content (AvgIpc) is 3.07. The SMILES string of the molecule is CNc1c2cnn1/C=C\CN(C(C)C)Cc1cc(F)ccc1OCCNC2=O. The van der Waals surface area contributed by atoms with Gasteiger partial charge in [0.1, 0.15) is 29.6 Å². The van der Waals surface area contributed by atoms with Gasteiger partial charge in [0.15, 0.2) is 0 Å². The summed E-state index contributed by atoms with van der Waals surface area (Å²) in [5, 5.41) is 10.1. The Morgan fingerprint density at radius 2 is 2.18 bits per heavy atom. The molecule has 28 heavy (non-hydrogen) atoms. The molecule has 0 spiro atoms. The highest BCUT2D eigenvalue weighted by Crippen LogP contribution is 2.23. The summed E-state index contributed by atoms with van der Waals surface area (Å²) in [7, 11) is 1.75. The Hall–Kier alpha value is -2.87. The maximum absolute atomic E-state index is 13.8. The van der Waals surface area contributed by atoms with Crippen LogP contribution in [0.5, 0.6) is 5.75 Å². The minimum Gasteiger partial charge on any atom is -0.491 e. The number of halogens is 1. The zero-order valence-electron chi connectivity index (χ0n) is 16.4. The topological polar surface area (TPSA) is 71.4 Å². The molecule has 2 heterocycles. The summed E-state index contributed by atoms with van der Waals surface area (Å²) >= 11 is 0. The van der Waals surface area contributed by atoms with E-state index in [4.69, 9.17) is 4.74 Å². The second-order valence-electron chi connectivity index (χ2n) is 6.87. The summed E-state index contributed by atoms with van der Waals surface area (Å²) in [6.45, 7) is 5.98. The predicted octanol–water partition coefficient (Wildman–Crippen LogP) is 2.57. The van der Waals surface area contributed by atoms with E-state index >= 15 is 0 Å². The summed E-state index contributed by atoms with van der Waals surface area (Å²) in [6.07, 6.45) is 5.33. The van der Waals surface area contributed by atoms with Crippen LogP contribution in [0.2, 0.25) is 0 Å². The van der Waals surface area contributed by atoms with E-state index in [9.17, 15) is 9.18 Å². The van der Waals surface area contributed by atoms with Crippen LogP contribution in [0.3, 0.4) is 0 Å². The quantitative estimate of drug-likeness (QED) is 0.829. The molecule has 1 aromatic carbocycles. The van der Waals surface area contributed by atoms with Crippen molar-refractivity contribution >= 4 is 17.9 Å². The Morgan fingerprint density at radius 1 is 1.36 bits per heavy atom. The van der Waals surface area contributed by atoms with E-state index in [1.54, 1.807) is 17.8 Å². The van der Waals surface area contributed by atoms with Crippen molar-refractivity contribution in [3.63, 3.8) is 0 Å². The molecule has 2 bridgehead atoms. The molecule has 8 heteroatoms. The summed E-state index contributed by atoms with van der Waals surface area (Å²) in [6, 6.07) is 4.78. The first-order valence-electron chi connectivity index (χ1n) is 9.35. The minimum atomic E-state index is -0.296. The van der Waals surface area contributed by atoms with Gasteiger partial charge in [-0.3, -0.25) is 9.69 Å². The van der Waals surface area contributed by atoms with Gasteiger partial charge in [-0.15, -0.1) is 0 Å². The van der Waals surface area contributed by atoms with Crippen LogP contribution in [0, 0.1) is 5.82 Å². The standard InChI is InChI=1S/C20H26FN5O2/c1-14(2)25-8-4-9-26-19(22-3)17(12-24-26)20(27)23-7-10-28-18-6-5-16(21)11-15(18)13-25/h4-6,9,11-12,14,22H,7-8,10,13H2,1-3H3,(H,23,27)/b9-4-. The van der Waals surface area contributed by atoms with E-state index in [-0.39, 0.29) is 24.4 Å². The molecule has 0 fully saturated rings. The van der Waals surface area contributed by atoms with E-state index in [0.717, 1.165) is 5.56 Å². The molecule has 150 valence electrons. The number of nitrogens with one attached hydrogen (secondary N) is 2. The molecule has 1 aromatic heterocycles.